The number of halogens is 3. The normalized spacial score (nSPS) is 10.2. The highest BCUT2D eigenvalue weighted by Gasteiger charge is 2.12. The molecular weight excluding hydrogens is 356 g/mol. The Balaban J connectivity index is 1.80. The summed E-state index contributed by atoms with van der Waals surface area (Å²) in [5.74, 6) is -2.83. The monoisotopic (exact) mass is 369 g/mol. The molecule has 1 N–H and O–H groups in total. The van der Waals surface area contributed by atoms with Crippen LogP contribution in [0.4, 0.5) is 14.5 Å². The molecule has 0 fully saturated rings. The molecule has 8 heteroatoms. The average Bonchev–Trinajstić information content (AvgIpc) is 2.57. The second-order valence-electron chi connectivity index (χ2n) is 5.06. The van der Waals surface area contributed by atoms with Gasteiger partial charge in [0.1, 0.15) is 17.4 Å². The predicted octanol–water partition coefficient (Wildman–Crippen LogP) is 3.49. The summed E-state index contributed by atoms with van der Waals surface area (Å²) < 4.78 is 36.3. The van der Waals surface area contributed by atoms with Gasteiger partial charge in [-0.2, -0.15) is 0 Å². The zero-order valence-electron chi connectivity index (χ0n) is 13.1. The number of anilines is 1. The molecule has 0 aliphatic heterocycles. The summed E-state index contributed by atoms with van der Waals surface area (Å²) in [6.45, 7) is 0.710. The van der Waals surface area contributed by atoms with Gasteiger partial charge in [0.25, 0.3) is 5.91 Å². The van der Waals surface area contributed by atoms with Gasteiger partial charge in [0.15, 0.2) is 13.2 Å². The molecule has 0 aromatic heterocycles. The Morgan fingerprint density at radius 2 is 1.88 bits per heavy atom. The number of benzene rings is 2. The van der Waals surface area contributed by atoms with E-state index in [2.05, 4.69) is 5.32 Å². The molecule has 0 saturated carbocycles. The minimum atomic E-state index is -0.813. The Morgan fingerprint density at radius 1 is 1.12 bits per heavy atom. The van der Waals surface area contributed by atoms with Crippen LogP contribution in [0.3, 0.4) is 0 Å². The first-order valence-electron chi connectivity index (χ1n) is 7.14. The predicted molar refractivity (Wildman–Crippen MR) is 87.6 cm³/mol. The number of amides is 1. The lowest BCUT2D eigenvalue weighted by Gasteiger charge is -2.09. The van der Waals surface area contributed by atoms with E-state index < -0.39 is 36.7 Å². The minimum absolute atomic E-state index is 0.310. The maximum absolute atomic E-state index is 13.4. The van der Waals surface area contributed by atoms with Crippen molar-refractivity contribution in [3.63, 3.8) is 0 Å². The molecule has 5 nitrogen and oxygen atoms in total. The van der Waals surface area contributed by atoms with Gasteiger partial charge >= 0.3 is 5.97 Å². The van der Waals surface area contributed by atoms with Crippen molar-refractivity contribution in [1.82, 2.24) is 0 Å². The van der Waals surface area contributed by atoms with Crippen LogP contribution in [0.25, 0.3) is 0 Å². The number of esters is 1. The molecule has 0 spiro atoms. The number of rotatable bonds is 6. The number of aryl methyl sites for hydroxylation is 1. The summed E-state index contributed by atoms with van der Waals surface area (Å²) in [7, 11) is 0. The van der Waals surface area contributed by atoms with Gasteiger partial charge in [0, 0.05) is 6.07 Å². The van der Waals surface area contributed by atoms with E-state index in [4.69, 9.17) is 21.1 Å². The molecule has 0 bridgehead atoms. The van der Waals surface area contributed by atoms with Crippen molar-refractivity contribution >= 4 is 29.2 Å². The standard InChI is InChI=1S/C17H14ClF2NO4/c1-10-2-4-12(18)15(6-10)24-9-17(23)25-8-16(22)21-14-7-11(19)3-5-13(14)20/h2-7H,8-9H2,1H3,(H,21,22). The third kappa shape index (κ3) is 5.72. The van der Waals surface area contributed by atoms with Crippen molar-refractivity contribution < 1.29 is 27.8 Å². The van der Waals surface area contributed by atoms with E-state index in [-0.39, 0.29) is 5.69 Å². The molecule has 0 aliphatic carbocycles. The molecule has 2 aromatic carbocycles. The van der Waals surface area contributed by atoms with Gasteiger partial charge in [0.05, 0.1) is 10.7 Å². The maximum atomic E-state index is 13.4. The van der Waals surface area contributed by atoms with Crippen LogP contribution in [0.5, 0.6) is 5.75 Å². The fourth-order valence-corrected chi connectivity index (χ4v) is 2.00. The minimum Gasteiger partial charge on any atom is -0.480 e. The fraction of sp³-hybridized carbons (Fsp3) is 0.176. The fourth-order valence-electron chi connectivity index (χ4n) is 1.83. The average molecular weight is 370 g/mol. The summed E-state index contributed by atoms with van der Waals surface area (Å²) in [4.78, 5) is 23.2. The molecule has 0 unspecified atom stereocenters. The van der Waals surface area contributed by atoms with Gasteiger partial charge in [-0.25, -0.2) is 13.6 Å². The molecule has 1 amide bonds. The largest absolute Gasteiger partial charge is 0.480 e. The van der Waals surface area contributed by atoms with Crippen LogP contribution in [0, 0.1) is 18.6 Å². The number of hydrogen-bond donors (Lipinski definition) is 1. The van der Waals surface area contributed by atoms with Crippen molar-refractivity contribution in [2.45, 2.75) is 6.92 Å². The van der Waals surface area contributed by atoms with E-state index in [0.29, 0.717) is 10.8 Å². The van der Waals surface area contributed by atoms with E-state index in [0.717, 1.165) is 23.8 Å². The van der Waals surface area contributed by atoms with Crippen LogP contribution in [-0.2, 0) is 14.3 Å². The van der Waals surface area contributed by atoms with Crippen LogP contribution >= 0.6 is 11.6 Å². The van der Waals surface area contributed by atoms with Crippen LogP contribution in [-0.4, -0.2) is 25.1 Å². The third-order valence-electron chi connectivity index (χ3n) is 3.00. The Morgan fingerprint density at radius 3 is 2.64 bits per heavy atom. The SMILES string of the molecule is Cc1ccc(Cl)c(OCC(=O)OCC(=O)Nc2cc(F)ccc2F)c1. The van der Waals surface area contributed by atoms with E-state index in [9.17, 15) is 18.4 Å². The first-order chi connectivity index (χ1) is 11.8. The number of hydrogen-bond acceptors (Lipinski definition) is 4. The molecule has 0 atom stereocenters. The van der Waals surface area contributed by atoms with Gasteiger partial charge in [-0.1, -0.05) is 17.7 Å². The van der Waals surface area contributed by atoms with E-state index >= 15 is 0 Å². The van der Waals surface area contributed by atoms with E-state index in [1.165, 1.54) is 0 Å². The van der Waals surface area contributed by atoms with Crippen LogP contribution in [0.2, 0.25) is 5.02 Å². The number of carbonyl (C=O) groups excluding carboxylic acids is 2. The van der Waals surface area contributed by atoms with Crippen molar-refractivity contribution in [3.05, 3.63) is 58.6 Å². The topological polar surface area (TPSA) is 64.6 Å². The Kier molecular flexibility index (Phi) is 6.30. The van der Waals surface area contributed by atoms with Crippen molar-refractivity contribution in [1.29, 1.82) is 0 Å². The number of ether oxygens (including phenoxy) is 2. The molecule has 0 aliphatic rings. The summed E-state index contributed by atoms with van der Waals surface area (Å²) in [5.41, 5.74) is 0.549. The van der Waals surface area contributed by atoms with Gasteiger partial charge < -0.3 is 14.8 Å². The zero-order valence-corrected chi connectivity index (χ0v) is 13.9. The first kappa shape index (κ1) is 18.7. The molecule has 25 heavy (non-hydrogen) atoms. The van der Waals surface area contributed by atoms with Gasteiger partial charge in [-0.05, 0) is 36.8 Å². The Labute approximate surface area is 147 Å². The second kappa shape index (κ2) is 8.43. The van der Waals surface area contributed by atoms with Crippen molar-refractivity contribution in [3.8, 4) is 5.75 Å². The molecule has 0 radical (unpaired) electrons. The maximum Gasteiger partial charge on any atom is 0.344 e. The lowest BCUT2D eigenvalue weighted by molar-refractivity contribution is -0.149. The highest BCUT2D eigenvalue weighted by atomic mass is 35.5. The van der Waals surface area contributed by atoms with Crippen LogP contribution in [0.1, 0.15) is 5.56 Å². The highest BCUT2D eigenvalue weighted by Crippen LogP contribution is 2.25. The summed E-state index contributed by atoms with van der Waals surface area (Å²) in [6, 6.07) is 7.66. The van der Waals surface area contributed by atoms with Gasteiger partial charge in [-0.3, -0.25) is 4.79 Å². The van der Waals surface area contributed by atoms with Crippen LogP contribution in [0.15, 0.2) is 36.4 Å². The van der Waals surface area contributed by atoms with Crippen molar-refractivity contribution in [2.24, 2.45) is 0 Å². The Bertz CT molecular complexity index is 798. The van der Waals surface area contributed by atoms with Gasteiger partial charge in [0.2, 0.25) is 0 Å². The number of nitrogens with one attached hydrogen (secondary N) is 1. The Hall–Kier alpha value is -2.67. The van der Waals surface area contributed by atoms with Crippen LogP contribution < -0.4 is 10.1 Å². The summed E-state index contributed by atoms with van der Waals surface area (Å²) in [6.07, 6.45) is 0. The molecule has 2 rings (SSSR count). The van der Waals surface area contributed by atoms with E-state index in [1.54, 1.807) is 18.2 Å². The van der Waals surface area contributed by atoms with E-state index in [1.807, 2.05) is 6.92 Å². The smallest absolute Gasteiger partial charge is 0.344 e. The summed E-state index contributed by atoms with van der Waals surface area (Å²) >= 11 is 5.92. The second-order valence-corrected chi connectivity index (χ2v) is 5.46. The first-order valence-corrected chi connectivity index (χ1v) is 7.52. The summed E-state index contributed by atoms with van der Waals surface area (Å²) in [5, 5.41) is 2.43. The molecule has 0 heterocycles. The molecule has 0 saturated heterocycles. The van der Waals surface area contributed by atoms with Gasteiger partial charge in [-0.15, -0.1) is 0 Å². The molecule has 132 valence electrons. The quantitative estimate of drug-likeness (QED) is 0.792. The molecular formula is C17H14ClF2NO4. The third-order valence-corrected chi connectivity index (χ3v) is 3.31. The lowest BCUT2D eigenvalue weighted by Crippen LogP contribution is -2.24. The zero-order chi connectivity index (χ0) is 18.4. The highest BCUT2D eigenvalue weighted by molar-refractivity contribution is 6.32. The molecule has 2 aromatic rings. The lowest BCUT2D eigenvalue weighted by atomic mass is 10.2. The van der Waals surface area contributed by atoms with Crippen molar-refractivity contribution in [2.75, 3.05) is 18.5 Å². The number of carbonyl (C=O) groups is 2.